The Morgan fingerprint density at radius 1 is 1.56 bits per heavy atom. The molecule has 0 fully saturated rings. The summed E-state index contributed by atoms with van der Waals surface area (Å²) in [5.41, 5.74) is 0.784. The molecule has 0 aliphatic carbocycles. The van der Waals surface area contributed by atoms with Crippen LogP contribution in [0.1, 0.15) is 18.4 Å². The standard InChI is InChI=1S/C10H14N2O4/c1-3-15-10(14)9(13)11-5-4-8-6-7(2)12-16-8/h6H,3-5H2,1-2H3,(H,11,13). The zero-order valence-electron chi connectivity index (χ0n) is 9.28. The molecule has 0 aliphatic heterocycles. The third-order valence-electron chi connectivity index (χ3n) is 1.79. The lowest BCUT2D eigenvalue weighted by Gasteiger charge is -2.02. The molecule has 0 spiro atoms. The Hall–Kier alpha value is -1.85. The molecular weight excluding hydrogens is 212 g/mol. The Morgan fingerprint density at radius 3 is 2.88 bits per heavy atom. The Kier molecular flexibility index (Phi) is 4.50. The molecule has 0 saturated heterocycles. The van der Waals surface area contributed by atoms with Crippen LogP contribution in [0.4, 0.5) is 0 Å². The largest absolute Gasteiger partial charge is 0.459 e. The van der Waals surface area contributed by atoms with Crippen molar-refractivity contribution in [3.8, 4) is 0 Å². The number of nitrogens with one attached hydrogen (secondary N) is 1. The summed E-state index contributed by atoms with van der Waals surface area (Å²) in [6.07, 6.45) is 0.492. The lowest BCUT2D eigenvalue weighted by molar-refractivity contribution is -0.154. The lowest BCUT2D eigenvalue weighted by atomic mass is 10.3. The van der Waals surface area contributed by atoms with Crippen molar-refractivity contribution in [2.75, 3.05) is 13.2 Å². The van der Waals surface area contributed by atoms with Crippen LogP contribution in [-0.4, -0.2) is 30.2 Å². The van der Waals surface area contributed by atoms with Gasteiger partial charge in [-0.15, -0.1) is 0 Å². The van der Waals surface area contributed by atoms with Gasteiger partial charge in [0.05, 0.1) is 12.3 Å². The maximum Gasteiger partial charge on any atom is 0.396 e. The molecule has 1 heterocycles. The molecular formula is C10H14N2O4. The first-order valence-electron chi connectivity index (χ1n) is 5.00. The van der Waals surface area contributed by atoms with Gasteiger partial charge in [0.1, 0.15) is 5.76 Å². The molecule has 0 aromatic carbocycles. The Balaban J connectivity index is 2.25. The number of aromatic nitrogens is 1. The first-order valence-corrected chi connectivity index (χ1v) is 5.00. The van der Waals surface area contributed by atoms with Crippen LogP contribution < -0.4 is 5.32 Å². The van der Waals surface area contributed by atoms with E-state index in [2.05, 4.69) is 15.2 Å². The predicted octanol–water partition coefficient (Wildman–Crippen LogP) is 0.205. The second-order valence-corrected chi connectivity index (χ2v) is 3.16. The fourth-order valence-electron chi connectivity index (χ4n) is 1.10. The van der Waals surface area contributed by atoms with Crippen molar-refractivity contribution < 1.29 is 18.8 Å². The third-order valence-corrected chi connectivity index (χ3v) is 1.79. The van der Waals surface area contributed by atoms with Crippen LogP contribution in [0.5, 0.6) is 0 Å². The van der Waals surface area contributed by atoms with Gasteiger partial charge in [0.25, 0.3) is 0 Å². The molecule has 0 aliphatic rings. The molecule has 88 valence electrons. The molecule has 1 rings (SSSR count). The highest BCUT2D eigenvalue weighted by atomic mass is 16.5. The van der Waals surface area contributed by atoms with E-state index in [1.54, 1.807) is 13.0 Å². The number of rotatable bonds is 4. The summed E-state index contributed by atoms with van der Waals surface area (Å²) >= 11 is 0. The van der Waals surface area contributed by atoms with E-state index < -0.39 is 11.9 Å². The van der Waals surface area contributed by atoms with E-state index in [4.69, 9.17) is 4.52 Å². The molecule has 0 bridgehead atoms. The SMILES string of the molecule is CCOC(=O)C(=O)NCCc1cc(C)no1. The predicted molar refractivity (Wildman–Crippen MR) is 54.6 cm³/mol. The zero-order valence-corrected chi connectivity index (χ0v) is 9.28. The van der Waals surface area contributed by atoms with Gasteiger partial charge in [0.2, 0.25) is 0 Å². The van der Waals surface area contributed by atoms with Gasteiger partial charge in [0.15, 0.2) is 0 Å². The first-order chi connectivity index (χ1) is 7.63. The summed E-state index contributed by atoms with van der Waals surface area (Å²) in [6.45, 7) is 3.95. The van der Waals surface area contributed by atoms with Crippen molar-refractivity contribution in [1.29, 1.82) is 0 Å². The van der Waals surface area contributed by atoms with E-state index in [0.717, 1.165) is 5.69 Å². The highest BCUT2D eigenvalue weighted by Crippen LogP contribution is 2.01. The van der Waals surface area contributed by atoms with Crippen molar-refractivity contribution in [2.45, 2.75) is 20.3 Å². The number of amides is 1. The van der Waals surface area contributed by atoms with Crippen molar-refractivity contribution in [2.24, 2.45) is 0 Å². The van der Waals surface area contributed by atoms with Gasteiger partial charge in [-0.1, -0.05) is 5.16 Å². The van der Waals surface area contributed by atoms with Crippen molar-refractivity contribution in [3.05, 3.63) is 17.5 Å². The average Bonchev–Trinajstić information content (AvgIpc) is 2.64. The molecule has 0 saturated carbocycles. The highest BCUT2D eigenvalue weighted by Gasteiger charge is 2.13. The molecule has 0 radical (unpaired) electrons. The fraction of sp³-hybridized carbons (Fsp3) is 0.500. The first kappa shape index (κ1) is 12.2. The molecule has 0 unspecified atom stereocenters. The molecule has 1 aromatic heterocycles. The van der Waals surface area contributed by atoms with Crippen molar-refractivity contribution in [1.82, 2.24) is 10.5 Å². The minimum absolute atomic E-state index is 0.188. The van der Waals surface area contributed by atoms with Gasteiger partial charge < -0.3 is 14.6 Å². The van der Waals surface area contributed by atoms with Crippen molar-refractivity contribution >= 4 is 11.9 Å². The van der Waals surface area contributed by atoms with E-state index in [9.17, 15) is 9.59 Å². The van der Waals surface area contributed by atoms with Gasteiger partial charge in [-0.3, -0.25) is 4.79 Å². The minimum atomic E-state index is -0.865. The highest BCUT2D eigenvalue weighted by molar-refractivity contribution is 6.32. The van der Waals surface area contributed by atoms with Gasteiger partial charge >= 0.3 is 11.9 Å². The number of esters is 1. The third kappa shape index (κ3) is 3.72. The fourth-order valence-corrected chi connectivity index (χ4v) is 1.10. The summed E-state index contributed by atoms with van der Waals surface area (Å²) in [4.78, 5) is 22.0. The molecule has 1 N–H and O–H groups in total. The Bertz CT molecular complexity index is 373. The van der Waals surface area contributed by atoms with E-state index >= 15 is 0 Å². The van der Waals surface area contributed by atoms with Crippen LogP contribution in [0.2, 0.25) is 0 Å². The maximum absolute atomic E-state index is 11.1. The number of hydrogen-bond acceptors (Lipinski definition) is 5. The second-order valence-electron chi connectivity index (χ2n) is 3.16. The van der Waals surface area contributed by atoms with Crippen LogP contribution in [0, 0.1) is 6.92 Å². The molecule has 16 heavy (non-hydrogen) atoms. The number of carbonyl (C=O) groups excluding carboxylic acids is 2. The van der Waals surface area contributed by atoms with Gasteiger partial charge in [0, 0.05) is 19.0 Å². The maximum atomic E-state index is 11.1. The smallest absolute Gasteiger partial charge is 0.396 e. The lowest BCUT2D eigenvalue weighted by Crippen LogP contribution is -2.33. The van der Waals surface area contributed by atoms with Crippen LogP contribution >= 0.6 is 0 Å². The Morgan fingerprint density at radius 2 is 2.31 bits per heavy atom. The molecule has 1 amide bonds. The number of hydrogen-bond donors (Lipinski definition) is 1. The topological polar surface area (TPSA) is 81.4 Å². The number of aryl methyl sites for hydroxylation is 1. The van der Waals surface area contributed by atoms with E-state index in [1.807, 2.05) is 6.92 Å². The van der Waals surface area contributed by atoms with E-state index in [-0.39, 0.29) is 6.61 Å². The van der Waals surface area contributed by atoms with Crippen LogP contribution in [0.3, 0.4) is 0 Å². The number of nitrogens with zero attached hydrogens (tertiary/aromatic N) is 1. The summed E-state index contributed by atoms with van der Waals surface area (Å²) in [5, 5.41) is 6.12. The van der Waals surface area contributed by atoms with Gasteiger partial charge in [-0.05, 0) is 13.8 Å². The molecule has 6 heteroatoms. The van der Waals surface area contributed by atoms with Crippen LogP contribution in [-0.2, 0) is 20.7 Å². The molecule has 0 atom stereocenters. The quantitative estimate of drug-likeness (QED) is 0.586. The normalized spacial score (nSPS) is 9.88. The van der Waals surface area contributed by atoms with E-state index in [0.29, 0.717) is 18.7 Å². The second kappa shape index (κ2) is 5.89. The molecule has 6 nitrogen and oxygen atoms in total. The number of carbonyl (C=O) groups is 2. The minimum Gasteiger partial charge on any atom is -0.459 e. The monoisotopic (exact) mass is 226 g/mol. The van der Waals surface area contributed by atoms with Crippen molar-refractivity contribution in [3.63, 3.8) is 0 Å². The van der Waals surface area contributed by atoms with Gasteiger partial charge in [-0.2, -0.15) is 0 Å². The summed E-state index contributed by atoms with van der Waals surface area (Å²) in [6, 6.07) is 1.77. The zero-order chi connectivity index (χ0) is 12.0. The Labute approximate surface area is 92.9 Å². The van der Waals surface area contributed by atoms with E-state index in [1.165, 1.54) is 0 Å². The molecule has 1 aromatic rings. The van der Waals surface area contributed by atoms with Crippen LogP contribution in [0.25, 0.3) is 0 Å². The summed E-state index contributed by atoms with van der Waals surface area (Å²) in [5.74, 6) is -0.934. The summed E-state index contributed by atoms with van der Waals surface area (Å²) < 4.78 is 9.46. The summed E-state index contributed by atoms with van der Waals surface area (Å²) in [7, 11) is 0. The van der Waals surface area contributed by atoms with Crippen LogP contribution in [0.15, 0.2) is 10.6 Å². The van der Waals surface area contributed by atoms with Gasteiger partial charge in [-0.25, -0.2) is 4.79 Å². The number of ether oxygens (including phenoxy) is 1. The average molecular weight is 226 g/mol.